The molecular weight excluding hydrogens is 261 g/mol. The summed E-state index contributed by atoms with van der Waals surface area (Å²) in [5.74, 6) is 1.76. The maximum Gasteiger partial charge on any atom is 0.252 e. The predicted octanol–water partition coefficient (Wildman–Crippen LogP) is 2.34. The summed E-state index contributed by atoms with van der Waals surface area (Å²) >= 11 is 3.12. The Labute approximate surface area is 96.0 Å². The van der Waals surface area contributed by atoms with E-state index in [0.717, 1.165) is 0 Å². The molecule has 0 heterocycles. The molecule has 0 fully saturated rings. The molecular formula is C11H9BrFNO. The number of rotatable bonds is 3. The average molecular weight is 270 g/mol. The van der Waals surface area contributed by atoms with Crippen molar-refractivity contribution in [2.45, 2.75) is 6.42 Å². The van der Waals surface area contributed by atoms with Crippen molar-refractivity contribution in [2.75, 3.05) is 6.54 Å². The number of carbonyl (C=O) groups is 1. The lowest BCUT2D eigenvalue weighted by Gasteiger charge is -2.05. The molecule has 0 aliphatic carbocycles. The van der Waals surface area contributed by atoms with Crippen molar-refractivity contribution in [3.05, 3.63) is 34.1 Å². The maximum absolute atomic E-state index is 12.7. The first-order valence-corrected chi connectivity index (χ1v) is 5.11. The first kappa shape index (κ1) is 11.7. The van der Waals surface area contributed by atoms with Crippen LogP contribution in [0, 0.1) is 18.2 Å². The highest BCUT2D eigenvalue weighted by Gasteiger charge is 2.09. The van der Waals surface area contributed by atoms with E-state index in [0.29, 0.717) is 23.0 Å². The second kappa shape index (κ2) is 5.52. The smallest absolute Gasteiger partial charge is 0.252 e. The van der Waals surface area contributed by atoms with Crippen LogP contribution in [0.15, 0.2) is 22.7 Å². The van der Waals surface area contributed by atoms with Crippen LogP contribution in [0.2, 0.25) is 0 Å². The van der Waals surface area contributed by atoms with E-state index in [9.17, 15) is 9.18 Å². The summed E-state index contributed by atoms with van der Waals surface area (Å²) in [6.45, 7) is 0.416. The van der Waals surface area contributed by atoms with Crippen LogP contribution in [0.4, 0.5) is 4.39 Å². The van der Waals surface area contributed by atoms with Crippen LogP contribution >= 0.6 is 15.9 Å². The van der Waals surface area contributed by atoms with Crippen molar-refractivity contribution in [3.8, 4) is 12.3 Å². The lowest BCUT2D eigenvalue weighted by molar-refractivity contribution is 0.0954. The van der Waals surface area contributed by atoms with E-state index >= 15 is 0 Å². The van der Waals surface area contributed by atoms with Crippen LogP contribution in [-0.2, 0) is 0 Å². The van der Waals surface area contributed by atoms with Gasteiger partial charge in [0.15, 0.2) is 0 Å². The normalized spacial score (nSPS) is 9.40. The van der Waals surface area contributed by atoms with Crippen LogP contribution < -0.4 is 5.32 Å². The standard InChI is InChI=1S/C11H9BrFNO/c1-2-3-6-14-11(15)9-5-4-8(13)7-10(9)12/h1,4-5,7H,3,6H2,(H,14,15). The molecule has 0 unspecified atom stereocenters. The molecule has 0 saturated heterocycles. The van der Waals surface area contributed by atoms with E-state index in [-0.39, 0.29) is 11.7 Å². The molecule has 4 heteroatoms. The molecule has 0 atom stereocenters. The van der Waals surface area contributed by atoms with E-state index < -0.39 is 0 Å². The summed E-state index contributed by atoms with van der Waals surface area (Å²) in [6.07, 6.45) is 5.52. The second-order valence-corrected chi connectivity index (χ2v) is 3.69. The van der Waals surface area contributed by atoms with Crippen LogP contribution in [0.25, 0.3) is 0 Å². The van der Waals surface area contributed by atoms with Gasteiger partial charge in [0, 0.05) is 17.4 Å². The molecule has 2 nitrogen and oxygen atoms in total. The lowest BCUT2D eigenvalue weighted by Crippen LogP contribution is -2.24. The fourth-order valence-corrected chi connectivity index (χ4v) is 1.55. The lowest BCUT2D eigenvalue weighted by atomic mass is 10.2. The fraction of sp³-hybridized carbons (Fsp3) is 0.182. The zero-order valence-electron chi connectivity index (χ0n) is 7.89. The SMILES string of the molecule is C#CCCNC(=O)c1ccc(F)cc1Br. The molecule has 0 saturated carbocycles. The molecule has 0 bridgehead atoms. The molecule has 0 aromatic heterocycles. The summed E-state index contributed by atoms with van der Waals surface area (Å²) in [4.78, 5) is 11.5. The quantitative estimate of drug-likeness (QED) is 0.663. The van der Waals surface area contributed by atoms with Gasteiger partial charge in [0.25, 0.3) is 5.91 Å². The van der Waals surface area contributed by atoms with Gasteiger partial charge in [0.1, 0.15) is 5.82 Å². The van der Waals surface area contributed by atoms with E-state index in [1.165, 1.54) is 18.2 Å². The average Bonchev–Trinajstić information content (AvgIpc) is 2.17. The molecule has 0 aliphatic heterocycles. The Balaban J connectivity index is 2.70. The molecule has 1 amide bonds. The number of carbonyl (C=O) groups excluding carboxylic acids is 1. The van der Waals surface area contributed by atoms with Gasteiger partial charge in [-0.05, 0) is 34.1 Å². The molecule has 0 radical (unpaired) electrons. The summed E-state index contributed by atoms with van der Waals surface area (Å²) in [5, 5.41) is 2.63. The number of terminal acetylenes is 1. The highest BCUT2D eigenvalue weighted by molar-refractivity contribution is 9.10. The first-order valence-electron chi connectivity index (χ1n) is 4.32. The van der Waals surface area contributed by atoms with Gasteiger partial charge in [0.2, 0.25) is 0 Å². The summed E-state index contributed by atoms with van der Waals surface area (Å²) in [7, 11) is 0. The van der Waals surface area contributed by atoms with Gasteiger partial charge in [-0.1, -0.05) is 0 Å². The molecule has 0 spiro atoms. The summed E-state index contributed by atoms with van der Waals surface area (Å²) in [5.41, 5.74) is 0.397. The van der Waals surface area contributed by atoms with Gasteiger partial charge in [-0.2, -0.15) is 0 Å². The largest absolute Gasteiger partial charge is 0.351 e. The van der Waals surface area contributed by atoms with Gasteiger partial charge in [-0.15, -0.1) is 12.3 Å². The Bertz CT molecular complexity index is 412. The van der Waals surface area contributed by atoms with E-state index in [1.54, 1.807) is 0 Å². The van der Waals surface area contributed by atoms with Crippen molar-refractivity contribution >= 4 is 21.8 Å². The first-order chi connectivity index (χ1) is 7.15. The van der Waals surface area contributed by atoms with Crippen LogP contribution in [0.1, 0.15) is 16.8 Å². The molecule has 15 heavy (non-hydrogen) atoms. The minimum absolute atomic E-state index is 0.267. The van der Waals surface area contributed by atoms with Crippen molar-refractivity contribution in [3.63, 3.8) is 0 Å². The Morgan fingerprint density at radius 3 is 2.93 bits per heavy atom. The molecule has 1 aromatic carbocycles. The molecule has 1 rings (SSSR count). The number of amides is 1. The minimum Gasteiger partial charge on any atom is -0.351 e. The van der Waals surface area contributed by atoms with Crippen LogP contribution in [0.3, 0.4) is 0 Å². The van der Waals surface area contributed by atoms with Gasteiger partial charge >= 0.3 is 0 Å². The Morgan fingerprint density at radius 1 is 1.60 bits per heavy atom. The van der Waals surface area contributed by atoms with Crippen molar-refractivity contribution < 1.29 is 9.18 Å². The zero-order valence-corrected chi connectivity index (χ0v) is 9.47. The van der Waals surface area contributed by atoms with Crippen LogP contribution in [0.5, 0.6) is 0 Å². The Kier molecular flexibility index (Phi) is 4.32. The third-order valence-electron chi connectivity index (χ3n) is 1.73. The highest BCUT2D eigenvalue weighted by atomic mass is 79.9. The number of hydrogen-bond acceptors (Lipinski definition) is 1. The zero-order chi connectivity index (χ0) is 11.3. The van der Waals surface area contributed by atoms with Crippen molar-refractivity contribution in [2.24, 2.45) is 0 Å². The molecule has 0 aliphatic rings. The third-order valence-corrected chi connectivity index (χ3v) is 2.39. The summed E-state index contributed by atoms with van der Waals surface area (Å²) < 4.78 is 13.2. The fourth-order valence-electron chi connectivity index (χ4n) is 1.02. The molecule has 1 N–H and O–H groups in total. The Hall–Kier alpha value is -1.34. The topological polar surface area (TPSA) is 29.1 Å². The minimum atomic E-state index is -0.387. The number of nitrogens with one attached hydrogen (secondary N) is 1. The van der Waals surface area contributed by atoms with E-state index in [1.807, 2.05) is 0 Å². The van der Waals surface area contributed by atoms with E-state index in [2.05, 4.69) is 27.2 Å². The van der Waals surface area contributed by atoms with Gasteiger partial charge in [-0.3, -0.25) is 4.79 Å². The highest BCUT2D eigenvalue weighted by Crippen LogP contribution is 2.17. The third kappa shape index (κ3) is 3.37. The maximum atomic E-state index is 12.7. The summed E-state index contributed by atoms with van der Waals surface area (Å²) in [6, 6.07) is 3.90. The molecule has 1 aromatic rings. The molecule has 78 valence electrons. The van der Waals surface area contributed by atoms with Crippen molar-refractivity contribution in [1.29, 1.82) is 0 Å². The van der Waals surface area contributed by atoms with Gasteiger partial charge in [0.05, 0.1) is 5.56 Å². The van der Waals surface area contributed by atoms with E-state index in [4.69, 9.17) is 6.42 Å². The number of benzene rings is 1. The van der Waals surface area contributed by atoms with Crippen LogP contribution in [-0.4, -0.2) is 12.5 Å². The second-order valence-electron chi connectivity index (χ2n) is 2.83. The predicted molar refractivity (Wildman–Crippen MR) is 59.9 cm³/mol. The Morgan fingerprint density at radius 2 is 2.33 bits per heavy atom. The van der Waals surface area contributed by atoms with Crippen molar-refractivity contribution in [1.82, 2.24) is 5.32 Å². The van der Waals surface area contributed by atoms with Gasteiger partial charge < -0.3 is 5.32 Å². The van der Waals surface area contributed by atoms with Gasteiger partial charge in [-0.25, -0.2) is 4.39 Å². The number of hydrogen-bond donors (Lipinski definition) is 1. The monoisotopic (exact) mass is 269 g/mol. The number of halogens is 2.